The maximum Gasteiger partial charge on any atom is 0.147 e. The second-order valence-corrected chi connectivity index (χ2v) is 5.74. The summed E-state index contributed by atoms with van der Waals surface area (Å²) in [5.41, 5.74) is 0.974. The van der Waals surface area contributed by atoms with Gasteiger partial charge in [0.2, 0.25) is 0 Å². The van der Waals surface area contributed by atoms with Crippen molar-refractivity contribution < 1.29 is 4.74 Å². The molecule has 0 saturated carbocycles. The van der Waals surface area contributed by atoms with E-state index in [1.807, 2.05) is 12.4 Å². The van der Waals surface area contributed by atoms with Crippen LogP contribution >= 0.6 is 0 Å². The molecule has 114 valence electrons. The minimum atomic E-state index is 0.445. The van der Waals surface area contributed by atoms with Crippen LogP contribution in [0.1, 0.15) is 33.4 Å². The number of hydrogen-bond acceptors (Lipinski definition) is 5. The molecule has 0 spiro atoms. The van der Waals surface area contributed by atoms with Gasteiger partial charge in [-0.3, -0.25) is 4.98 Å². The first-order valence-electron chi connectivity index (χ1n) is 7.31. The molecule has 0 aliphatic carbocycles. The van der Waals surface area contributed by atoms with Crippen molar-refractivity contribution in [3.05, 3.63) is 18.1 Å². The number of rotatable bonds is 9. The fraction of sp³-hybridized carbons (Fsp3) is 0.733. The first-order chi connectivity index (χ1) is 9.52. The smallest absolute Gasteiger partial charge is 0.147 e. The summed E-state index contributed by atoms with van der Waals surface area (Å²) in [6, 6.07) is 0.445. The Labute approximate surface area is 122 Å². The van der Waals surface area contributed by atoms with Crippen molar-refractivity contribution in [3.63, 3.8) is 0 Å². The molecule has 0 atom stereocenters. The Morgan fingerprint density at radius 1 is 1.25 bits per heavy atom. The molecule has 0 radical (unpaired) electrons. The zero-order chi connectivity index (χ0) is 15.0. The van der Waals surface area contributed by atoms with E-state index in [0.717, 1.165) is 31.1 Å². The molecular formula is C15H28N4O. The van der Waals surface area contributed by atoms with Gasteiger partial charge >= 0.3 is 0 Å². The van der Waals surface area contributed by atoms with Gasteiger partial charge in [-0.05, 0) is 5.92 Å². The fourth-order valence-corrected chi connectivity index (χ4v) is 1.88. The van der Waals surface area contributed by atoms with E-state index in [1.54, 1.807) is 7.11 Å². The highest BCUT2D eigenvalue weighted by molar-refractivity contribution is 5.36. The lowest BCUT2D eigenvalue weighted by Gasteiger charge is -2.25. The Balaban J connectivity index is 2.75. The standard InChI is InChI=1S/C15H28N4O/c1-12(2)11-19(6-7-20-5)15-10-16-8-14(18-15)9-17-13(3)4/h8,10,12-13,17H,6-7,9,11H2,1-5H3. The highest BCUT2D eigenvalue weighted by Crippen LogP contribution is 2.12. The van der Waals surface area contributed by atoms with Crippen LogP contribution < -0.4 is 10.2 Å². The second kappa shape index (κ2) is 8.87. The van der Waals surface area contributed by atoms with Gasteiger partial charge in [0.25, 0.3) is 0 Å². The molecule has 0 saturated heterocycles. The average molecular weight is 280 g/mol. The highest BCUT2D eigenvalue weighted by Gasteiger charge is 2.11. The topological polar surface area (TPSA) is 50.3 Å². The van der Waals surface area contributed by atoms with Crippen LogP contribution in [0.25, 0.3) is 0 Å². The average Bonchev–Trinajstić information content (AvgIpc) is 2.41. The quantitative estimate of drug-likeness (QED) is 0.750. The summed E-state index contributed by atoms with van der Waals surface area (Å²) in [6.07, 6.45) is 3.65. The van der Waals surface area contributed by atoms with E-state index in [1.165, 1.54) is 0 Å². The molecule has 0 bridgehead atoms. The summed E-state index contributed by atoms with van der Waals surface area (Å²) in [5, 5.41) is 3.37. The third-order valence-corrected chi connectivity index (χ3v) is 2.84. The molecule has 0 aliphatic heterocycles. The van der Waals surface area contributed by atoms with E-state index in [9.17, 15) is 0 Å². The predicted octanol–water partition coefficient (Wildman–Crippen LogP) is 2.08. The number of hydrogen-bond donors (Lipinski definition) is 1. The van der Waals surface area contributed by atoms with E-state index in [0.29, 0.717) is 18.6 Å². The maximum absolute atomic E-state index is 5.18. The maximum atomic E-state index is 5.18. The Kier molecular flexibility index (Phi) is 7.47. The van der Waals surface area contributed by atoms with Crippen molar-refractivity contribution in [1.82, 2.24) is 15.3 Å². The summed E-state index contributed by atoms with van der Waals surface area (Å²) in [5.74, 6) is 1.50. The fourth-order valence-electron chi connectivity index (χ4n) is 1.88. The van der Waals surface area contributed by atoms with Crippen LogP contribution in [0.15, 0.2) is 12.4 Å². The van der Waals surface area contributed by atoms with Gasteiger partial charge in [-0.15, -0.1) is 0 Å². The minimum absolute atomic E-state index is 0.445. The van der Waals surface area contributed by atoms with E-state index < -0.39 is 0 Å². The van der Waals surface area contributed by atoms with Crippen molar-refractivity contribution in [2.75, 3.05) is 31.7 Å². The molecule has 5 nitrogen and oxygen atoms in total. The molecule has 0 amide bonds. The van der Waals surface area contributed by atoms with Gasteiger partial charge in [0.1, 0.15) is 5.82 Å². The molecule has 5 heteroatoms. The Morgan fingerprint density at radius 3 is 2.60 bits per heavy atom. The summed E-state index contributed by atoms with van der Waals surface area (Å²) in [4.78, 5) is 11.2. The number of ether oxygens (including phenoxy) is 1. The monoisotopic (exact) mass is 280 g/mol. The molecule has 0 fully saturated rings. The summed E-state index contributed by atoms with van der Waals surface area (Å²) >= 11 is 0. The van der Waals surface area contributed by atoms with Gasteiger partial charge in [-0.2, -0.15) is 0 Å². The van der Waals surface area contributed by atoms with Gasteiger partial charge < -0.3 is 15.0 Å². The van der Waals surface area contributed by atoms with Crippen LogP contribution in [0.2, 0.25) is 0 Å². The van der Waals surface area contributed by atoms with E-state index in [4.69, 9.17) is 9.72 Å². The van der Waals surface area contributed by atoms with Crippen molar-refractivity contribution in [2.45, 2.75) is 40.3 Å². The van der Waals surface area contributed by atoms with Crippen molar-refractivity contribution in [1.29, 1.82) is 0 Å². The molecular weight excluding hydrogens is 252 g/mol. The minimum Gasteiger partial charge on any atom is -0.383 e. The molecule has 1 aromatic heterocycles. The molecule has 1 aromatic rings. The summed E-state index contributed by atoms with van der Waals surface area (Å²) < 4.78 is 5.18. The van der Waals surface area contributed by atoms with Crippen LogP contribution in [0, 0.1) is 5.92 Å². The highest BCUT2D eigenvalue weighted by atomic mass is 16.5. The molecule has 1 N–H and O–H groups in total. The number of methoxy groups -OCH3 is 1. The molecule has 1 heterocycles. The van der Waals surface area contributed by atoms with Gasteiger partial charge in [0.05, 0.1) is 18.5 Å². The predicted molar refractivity (Wildman–Crippen MR) is 82.9 cm³/mol. The Bertz CT molecular complexity index is 382. The molecule has 20 heavy (non-hydrogen) atoms. The van der Waals surface area contributed by atoms with E-state index in [2.05, 4.69) is 42.9 Å². The van der Waals surface area contributed by atoms with Crippen LogP contribution in [0.4, 0.5) is 5.82 Å². The first kappa shape index (κ1) is 16.9. The lowest BCUT2D eigenvalue weighted by atomic mass is 10.2. The number of nitrogens with zero attached hydrogens (tertiary/aromatic N) is 3. The Morgan fingerprint density at radius 2 is 2.00 bits per heavy atom. The number of nitrogens with one attached hydrogen (secondary N) is 1. The zero-order valence-corrected chi connectivity index (χ0v) is 13.4. The van der Waals surface area contributed by atoms with Crippen LogP contribution in [-0.2, 0) is 11.3 Å². The normalized spacial score (nSPS) is 11.3. The van der Waals surface area contributed by atoms with Gasteiger partial charge in [0, 0.05) is 39.0 Å². The molecule has 0 aromatic carbocycles. The van der Waals surface area contributed by atoms with Gasteiger partial charge in [-0.25, -0.2) is 4.98 Å². The largest absolute Gasteiger partial charge is 0.383 e. The lowest BCUT2D eigenvalue weighted by Crippen LogP contribution is -2.32. The first-order valence-corrected chi connectivity index (χ1v) is 7.31. The van der Waals surface area contributed by atoms with E-state index >= 15 is 0 Å². The second-order valence-electron chi connectivity index (χ2n) is 5.74. The molecule has 0 aliphatic rings. The van der Waals surface area contributed by atoms with Crippen molar-refractivity contribution in [2.24, 2.45) is 5.92 Å². The molecule has 1 rings (SSSR count). The van der Waals surface area contributed by atoms with Crippen LogP contribution in [0.5, 0.6) is 0 Å². The van der Waals surface area contributed by atoms with E-state index in [-0.39, 0.29) is 0 Å². The van der Waals surface area contributed by atoms with Crippen molar-refractivity contribution >= 4 is 5.82 Å². The van der Waals surface area contributed by atoms with Gasteiger partial charge in [0.15, 0.2) is 0 Å². The van der Waals surface area contributed by atoms with Crippen molar-refractivity contribution in [3.8, 4) is 0 Å². The Hall–Kier alpha value is -1.20. The van der Waals surface area contributed by atoms with Crippen LogP contribution in [0.3, 0.4) is 0 Å². The number of aromatic nitrogens is 2. The third-order valence-electron chi connectivity index (χ3n) is 2.84. The van der Waals surface area contributed by atoms with Crippen LogP contribution in [-0.4, -0.2) is 42.8 Å². The molecule has 0 unspecified atom stereocenters. The summed E-state index contributed by atoms with van der Waals surface area (Å²) in [7, 11) is 1.72. The SMILES string of the molecule is COCCN(CC(C)C)c1cncc(CNC(C)C)n1. The lowest BCUT2D eigenvalue weighted by molar-refractivity contribution is 0.204. The van der Waals surface area contributed by atoms with Gasteiger partial charge in [-0.1, -0.05) is 27.7 Å². The zero-order valence-electron chi connectivity index (χ0n) is 13.4. The third kappa shape index (κ3) is 6.30. The summed E-state index contributed by atoms with van der Waals surface area (Å²) in [6.45, 7) is 11.9. The number of anilines is 1.